The highest BCUT2D eigenvalue weighted by molar-refractivity contribution is 5.47. The van der Waals surface area contributed by atoms with Gasteiger partial charge in [0.1, 0.15) is 0 Å². The third-order valence-electron chi connectivity index (χ3n) is 2.24. The molecule has 0 amide bonds. The molecule has 4 nitrogen and oxygen atoms in total. The quantitative estimate of drug-likeness (QED) is 0.602. The number of aromatic nitrogens is 3. The topological polar surface area (TPSA) is 64.4 Å². The lowest BCUT2D eigenvalue weighted by Gasteiger charge is -1.85. The fourth-order valence-electron chi connectivity index (χ4n) is 1.49. The monoisotopic (exact) mass is 203 g/mol. The second-order valence-corrected chi connectivity index (χ2v) is 3.64. The summed E-state index contributed by atoms with van der Waals surface area (Å²) in [6.45, 7) is 3.93. The zero-order valence-corrected chi connectivity index (χ0v) is 8.72. The number of nitrogens with one attached hydrogen (secondary N) is 3. The molecular formula is C11H13N3O. The molecule has 2 heterocycles. The van der Waals surface area contributed by atoms with E-state index in [1.807, 2.05) is 38.3 Å². The van der Waals surface area contributed by atoms with E-state index in [1.165, 1.54) is 0 Å². The molecule has 0 radical (unpaired) electrons. The molecule has 0 bridgehead atoms. The van der Waals surface area contributed by atoms with Gasteiger partial charge in [0, 0.05) is 11.9 Å². The molecule has 2 rings (SSSR count). The SMILES string of the molecule is CC(C)=c1[nH][nH]c(=O)c1=Cc1ccc[nH]1. The summed E-state index contributed by atoms with van der Waals surface area (Å²) in [5.41, 5.74) is 1.90. The Balaban J connectivity index is 2.79. The number of hydrogen-bond acceptors (Lipinski definition) is 1. The third-order valence-corrected chi connectivity index (χ3v) is 2.24. The molecule has 4 heteroatoms. The number of aromatic amines is 3. The number of H-pyrrole nitrogens is 3. The minimum atomic E-state index is -0.0965. The molecule has 0 atom stereocenters. The third kappa shape index (κ3) is 1.79. The van der Waals surface area contributed by atoms with Crippen LogP contribution in [0.2, 0.25) is 0 Å². The molecule has 3 N–H and O–H groups in total. The van der Waals surface area contributed by atoms with E-state index in [0.717, 1.165) is 16.6 Å². The second kappa shape index (κ2) is 3.65. The van der Waals surface area contributed by atoms with Crippen molar-refractivity contribution >= 4 is 11.6 Å². The Kier molecular flexibility index (Phi) is 2.33. The van der Waals surface area contributed by atoms with Crippen molar-refractivity contribution in [1.29, 1.82) is 0 Å². The highest BCUT2D eigenvalue weighted by Crippen LogP contribution is 1.92. The molecule has 0 aliphatic rings. The summed E-state index contributed by atoms with van der Waals surface area (Å²) in [4.78, 5) is 14.6. The predicted octanol–water partition coefficient (Wildman–Crippen LogP) is 0.0504. The van der Waals surface area contributed by atoms with E-state index in [-0.39, 0.29) is 5.56 Å². The fourth-order valence-corrected chi connectivity index (χ4v) is 1.49. The summed E-state index contributed by atoms with van der Waals surface area (Å²) in [6.07, 6.45) is 3.66. The Bertz CT molecular complexity index is 610. The zero-order valence-electron chi connectivity index (χ0n) is 8.72. The Morgan fingerprint density at radius 2 is 2.13 bits per heavy atom. The van der Waals surface area contributed by atoms with Gasteiger partial charge in [-0.3, -0.25) is 15.0 Å². The molecule has 15 heavy (non-hydrogen) atoms. The van der Waals surface area contributed by atoms with Crippen molar-refractivity contribution in [1.82, 2.24) is 15.2 Å². The van der Waals surface area contributed by atoms with E-state index in [4.69, 9.17) is 0 Å². The maximum Gasteiger partial charge on any atom is 0.271 e. The van der Waals surface area contributed by atoms with Crippen molar-refractivity contribution in [3.8, 4) is 0 Å². The van der Waals surface area contributed by atoms with Crippen LogP contribution in [0.4, 0.5) is 0 Å². The van der Waals surface area contributed by atoms with E-state index >= 15 is 0 Å². The molecule has 0 saturated heterocycles. The standard InChI is InChI=1S/C11H13N3O/c1-7(2)10-9(11(15)14-13-10)6-8-4-3-5-12-8/h3-6,12-13H,1-2H3,(H,14,15). The predicted molar refractivity (Wildman–Crippen MR) is 59.8 cm³/mol. The molecule has 0 aromatic carbocycles. The molecule has 0 aliphatic heterocycles. The molecule has 2 aromatic heterocycles. The maximum absolute atomic E-state index is 11.5. The molecule has 2 aromatic rings. The normalized spacial score (nSPS) is 12.0. The van der Waals surface area contributed by atoms with Crippen LogP contribution in [0.5, 0.6) is 0 Å². The van der Waals surface area contributed by atoms with Crippen LogP contribution in [0.15, 0.2) is 23.1 Å². The van der Waals surface area contributed by atoms with Crippen LogP contribution >= 0.6 is 0 Å². The van der Waals surface area contributed by atoms with Crippen molar-refractivity contribution in [2.24, 2.45) is 0 Å². The first-order chi connectivity index (χ1) is 7.18. The highest BCUT2D eigenvalue weighted by atomic mass is 16.1. The van der Waals surface area contributed by atoms with Crippen LogP contribution in [0, 0.1) is 0 Å². The van der Waals surface area contributed by atoms with Crippen LogP contribution in [-0.4, -0.2) is 15.2 Å². The van der Waals surface area contributed by atoms with Crippen LogP contribution in [0.25, 0.3) is 11.6 Å². The summed E-state index contributed by atoms with van der Waals surface area (Å²) in [5.74, 6) is 0. The zero-order chi connectivity index (χ0) is 10.8. The van der Waals surface area contributed by atoms with Crippen molar-refractivity contribution < 1.29 is 0 Å². The summed E-state index contributed by atoms with van der Waals surface area (Å²) in [6, 6.07) is 3.82. The van der Waals surface area contributed by atoms with Gasteiger partial charge in [-0.25, -0.2) is 0 Å². The lowest BCUT2D eigenvalue weighted by molar-refractivity contribution is 1.03. The van der Waals surface area contributed by atoms with Gasteiger partial charge in [-0.1, -0.05) is 5.57 Å². The first-order valence-corrected chi connectivity index (χ1v) is 4.78. The first-order valence-electron chi connectivity index (χ1n) is 4.78. The lowest BCUT2D eigenvalue weighted by atomic mass is 10.2. The summed E-state index contributed by atoms with van der Waals surface area (Å²) >= 11 is 0. The maximum atomic E-state index is 11.5. The molecule has 0 aliphatic carbocycles. The van der Waals surface area contributed by atoms with Gasteiger partial charge >= 0.3 is 0 Å². The minimum absolute atomic E-state index is 0.0965. The van der Waals surface area contributed by atoms with Crippen LogP contribution in [0.1, 0.15) is 19.5 Å². The molecule has 0 unspecified atom stereocenters. The van der Waals surface area contributed by atoms with E-state index in [2.05, 4.69) is 15.2 Å². The second-order valence-electron chi connectivity index (χ2n) is 3.64. The van der Waals surface area contributed by atoms with Gasteiger partial charge in [-0.15, -0.1) is 0 Å². The Hall–Kier alpha value is -1.97. The van der Waals surface area contributed by atoms with Crippen molar-refractivity contribution in [3.05, 3.63) is 44.9 Å². The molecule has 0 fully saturated rings. The molecule has 0 spiro atoms. The average Bonchev–Trinajstić information content (AvgIpc) is 2.78. The van der Waals surface area contributed by atoms with Crippen LogP contribution in [0.3, 0.4) is 0 Å². The fraction of sp³-hybridized carbons (Fsp3) is 0.182. The summed E-state index contributed by atoms with van der Waals surface area (Å²) < 4.78 is 0. The van der Waals surface area contributed by atoms with Crippen molar-refractivity contribution in [2.75, 3.05) is 0 Å². The average molecular weight is 203 g/mol. The summed E-state index contributed by atoms with van der Waals surface area (Å²) in [7, 11) is 0. The minimum Gasteiger partial charge on any atom is -0.362 e. The van der Waals surface area contributed by atoms with Crippen LogP contribution in [-0.2, 0) is 0 Å². The van der Waals surface area contributed by atoms with Gasteiger partial charge in [-0.05, 0) is 32.1 Å². The Labute approximate surface area is 86.3 Å². The van der Waals surface area contributed by atoms with Crippen molar-refractivity contribution in [2.45, 2.75) is 13.8 Å². The Morgan fingerprint density at radius 1 is 1.33 bits per heavy atom. The molecule has 78 valence electrons. The first kappa shape index (κ1) is 9.58. The van der Waals surface area contributed by atoms with Gasteiger partial charge in [0.25, 0.3) is 5.56 Å². The van der Waals surface area contributed by atoms with Gasteiger partial charge in [-0.2, -0.15) is 0 Å². The Morgan fingerprint density at radius 3 is 2.73 bits per heavy atom. The van der Waals surface area contributed by atoms with Gasteiger partial charge < -0.3 is 4.98 Å². The van der Waals surface area contributed by atoms with Crippen LogP contribution < -0.4 is 16.1 Å². The van der Waals surface area contributed by atoms with Gasteiger partial charge in [0.15, 0.2) is 0 Å². The largest absolute Gasteiger partial charge is 0.362 e. The van der Waals surface area contributed by atoms with Gasteiger partial charge in [0.2, 0.25) is 0 Å². The van der Waals surface area contributed by atoms with Gasteiger partial charge in [0.05, 0.1) is 10.6 Å². The molecule has 0 saturated carbocycles. The van der Waals surface area contributed by atoms with E-state index in [0.29, 0.717) is 5.22 Å². The van der Waals surface area contributed by atoms with E-state index < -0.39 is 0 Å². The highest BCUT2D eigenvalue weighted by Gasteiger charge is 1.96. The van der Waals surface area contributed by atoms with E-state index in [1.54, 1.807) is 0 Å². The lowest BCUT2D eigenvalue weighted by Crippen LogP contribution is -2.34. The summed E-state index contributed by atoms with van der Waals surface area (Å²) in [5, 5.41) is 6.97. The molecular weight excluding hydrogens is 190 g/mol. The number of rotatable bonds is 1. The van der Waals surface area contributed by atoms with Crippen molar-refractivity contribution in [3.63, 3.8) is 0 Å². The number of hydrogen-bond donors (Lipinski definition) is 3. The smallest absolute Gasteiger partial charge is 0.271 e. The van der Waals surface area contributed by atoms with E-state index in [9.17, 15) is 4.79 Å².